The molecule has 1 aliphatic carbocycles. The van der Waals surface area contributed by atoms with E-state index in [-0.39, 0.29) is 11.8 Å². The number of likely N-dealkylation sites (tertiary alicyclic amines) is 1. The van der Waals surface area contributed by atoms with Crippen LogP contribution in [0.2, 0.25) is 0 Å². The molecule has 2 bridgehead atoms. The summed E-state index contributed by atoms with van der Waals surface area (Å²) in [7, 11) is 1.86. The number of pyridine rings is 1. The highest BCUT2D eigenvalue weighted by Gasteiger charge is 2.38. The van der Waals surface area contributed by atoms with Gasteiger partial charge in [-0.05, 0) is 51.2 Å². The van der Waals surface area contributed by atoms with Gasteiger partial charge in [0.15, 0.2) is 0 Å². The maximum absolute atomic E-state index is 13.2. The van der Waals surface area contributed by atoms with Crippen molar-refractivity contribution in [3.05, 3.63) is 53.9 Å². The van der Waals surface area contributed by atoms with Gasteiger partial charge in [0.2, 0.25) is 5.91 Å². The normalized spacial score (nSPS) is 19.0. The molecule has 2 aliphatic rings. The fraction of sp³-hybridized carbons (Fsp3) is 0.385. The maximum atomic E-state index is 13.2. The monoisotopic (exact) mass is 499 g/mol. The van der Waals surface area contributed by atoms with Gasteiger partial charge in [-0.2, -0.15) is 10.2 Å². The van der Waals surface area contributed by atoms with Gasteiger partial charge in [0, 0.05) is 19.6 Å². The number of carbonyl (C=O) groups excluding carboxylic acids is 2. The van der Waals surface area contributed by atoms with Crippen molar-refractivity contribution < 1.29 is 9.59 Å². The molecule has 1 saturated heterocycles. The summed E-state index contributed by atoms with van der Waals surface area (Å²) in [4.78, 5) is 37.0. The predicted octanol–water partition coefficient (Wildman–Crippen LogP) is 2.82. The third-order valence-electron chi connectivity index (χ3n) is 7.40. The van der Waals surface area contributed by atoms with Gasteiger partial charge in [-0.3, -0.25) is 29.1 Å². The van der Waals surface area contributed by atoms with Crippen LogP contribution < -0.4 is 10.6 Å². The van der Waals surface area contributed by atoms with Crippen molar-refractivity contribution in [2.75, 3.05) is 23.7 Å². The minimum Gasteiger partial charge on any atom is -0.324 e. The molecule has 1 aliphatic heterocycles. The Balaban J connectivity index is 1.16. The molecule has 2 N–H and O–H groups in total. The summed E-state index contributed by atoms with van der Waals surface area (Å²) in [6.45, 7) is 5.12. The number of nitrogens with zero attached hydrogens (tertiary/aromatic N) is 7. The minimum atomic E-state index is -0.331. The predicted molar refractivity (Wildman–Crippen MR) is 138 cm³/mol. The maximum Gasteiger partial charge on any atom is 0.259 e. The molecule has 4 aromatic heterocycles. The summed E-state index contributed by atoms with van der Waals surface area (Å²) in [5, 5.41) is 14.6. The van der Waals surface area contributed by atoms with Gasteiger partial charge >= 0.3 is 0 Å². The summed E-state index contributed by atoms with van der Waals surface area (Å²) >= 11 is 0. The Kier molecular flexibility index (Phi) is 5.71. The topological polar surface area (TPSA) is 122 Å². The van der Waals surface area contributed by atoms with Gasteiger partial charge in [-0.25, -0.2) is 4.52 Å². The van der Waals surface area contributed by atoms with Crippen molar-refractivity contribution in [2.45, 2.75) is 39.2 Å². The molecule has 2 amide bonds. The number of amides is 2. The molecule has 0 spiro atoms. The van der Waals surface area contributed by atoms with Crippen molar-refractivity contribution in [3.63, 3.8) is 0 Å². The third kappa shape index (κ3) is 4.46. The van der Waals surface area contributed by atoms with Crippen LogP contribution in [0.1, 0.15) is 41.0 Å². The lowest BCUT2D eigenvalue weighted by atomic mass is 10.1. The van der Waals surface area contributed by atoms with Gasteiger partial charge in [-0.15, -0.1) is 0 Å². The smallest absolute Gasteiger partial charge is 0.259 e. The third-order valence-corrected chi connectivity index (χ3v) is 7.40. The van der Waals surface area contributed by atoms with Crippen LogP contribution in [0.4, 0.5) is 11.4 Å². The Hall–Kier alpha value is -4.12. The van der Waals surface area contributed by atoms with Gasteiger partial charge in [0.1, 0.15) is 5.69 Å². The largest absolute Gasteiger partial charge is 0.324 e. The van der Waals surface area contributed by atoms with E-state index < -0.39 is 0 Å². The molecule has 0 aromatic carbocycles. The van der Waals surface area contributed by atoms with E-state index in [2.05, 4.69) is 35.7 Å². The Morgan fingerprint density at radius 3 is 2.68 bits per heavy atom. The number of aromatic nitrogens is 6. The number of piperidine rings is 1. The second-order valence-corrected chi connectivity index (χ2v) is 10.1. The van der Waals surface area contributed by atoms with E-state index in [0.717, 1.165) is 23.9 Å². The quantitative estimate of drug-likeness (QED) is 0.418. The molecule has 4 aromatic rings. The summed E-state index contributed by atoms with van der Waals surface area (Å²) in [5.41, 5.74) is 5.14. The highest BCUT2D eigenvalue weighted by molar-refractivity contribution is 6.09. The first-order valence-corrected chi connectivity index (χ1v) is 12.5. The van der Waals surface area contributed by atoms with Gasteiger partial charge in [-0.1, -0.05) is 0 Å². The van der Waals surface area contributed by atoms with Crippen LogP contribution in [0, 0.1) is 19.8 Å². The van der Waals surface area contributed by atoms with Gasteiger partial charge < -0.3 is 10.6 Å². The molecule has 0 unspecified atom stereocenters. The van der Waals surface area contributed by atoms with Crippen molar-refractivity contribution >= 4 is 28.7 Å². The highest BCUT2D eigenvalue weighted by Crippen LogP contribution is 2.37. The van der Waals surface area contributed by atoms with Crippen LogP contribution in [0.5, 0.6) is 0 Å². The van der Waals surface area contributed by atoms with E-state index in [4.69, 9.17) is 0 Å². The zero-order valence-corrected chi connectivity index (χ0v) is 21.1. The molecular weight excluding hydrogens is 470 g/mol. The van der Waals surface area contributed by atoms with Crippen molar-refractivity contribution in [2.24, 2.45) is 13.0 Å². The highest BCUT2D eigenvalue weighted by atomic mass is 16.2. The summed E-state index contributed by atoms with van der Waals surface area (Å²) < 4.78 is 3.39. The van der Waals surface area contributed by atoms with E-state index in [9.17, 15) is 9.59 Å². The number of hydrogen-bond acceptors (Lipinski definition) is 7. The molecule has 5 heterocycles. The lowest BCUT2D eigenvalue weighted by molar-refractivity contribution is -0.117. The van der Waals surface area contributed by atoms with Crippen LogP contribution in [-0.4, -0.2) is 65.2 Å². The molecule has 2 fully saturated rings. The first-order chi connectivity index (χ1) is 17.8. The zero-order chi connectivity index (χ0) is 25.7. The molecule has 11 nitrogen and oxygen atoms in total. The van der Waals surface area contributed by atoms with E-state index in [1.54, 1.807) is 33.9 Å². The number of nitrogens with one attached hydrogen (secondary N) is 2. The molecule has 11 heteroatoms. The van der Waals surface area contributed by atoms with E-state index in [0.29, 0.717) is 46.4 Å². The van der Waals surface area contributed by atoms with E-state index >= 15 is 0 Å². The summed E-state index contributed by atoms with van der Waals surface area (Å²) in [5.74, 6) is 0.340. The molecule has 0 radical (unpaired) electrons. The first kappa shape index (κ1) is 23.3. The van der Waals surface area contributed by atoms with Crippen LogP contribution in [0.15, 0.2) is 36.9 Å². The van der Waals surface area contributed by atoms with Crippen molar-refractivity contribution in [3.8, 4) is 11.4 Å². The number of anilines is 2. The summed E-state index contributed by atoms with van der Waals surface area (Å²) in [6, 6.07) is 4.22. The van der Waals surface area contributed by atoms with Crippen LogP contribution in [0.3, 0.4) is 0 Å². The summed E-state index contributed by atoms with van der Waals surface area (Å²) in [6.07, 6.45) is 10.2. The Morgan fingerprint density at radius 2 is 1.95 bits per heavy atom. The SMILES string of the molecule is Cc1cc(-c2cn3ncc(C(=O)Nc4cc(NC(=O)CN5C[C@H]6CC[C@@H]5C6)cnc4C)c3cn2)n(C)n1. The van der Waals surface area contributed by atoms with E-state index in [1.807, 2.05) is 27.0 Å². The fourth-order valence-electron chi connectivity index (χ4n) is 5.56. The van der Waals surface area contributed by atoms with Crippen LogP contribution in [0.25, 0.3) is 16.9 Å². The van der Waals surface area contributed by atoms with Crippen molar-refractivity contribution in [1.82, 2.24) is 34.3 Å². The molecule has 190 valence electrons. The molecule has 1 saturated carbocycles. The molecule has 37 heavy (non-hydrogen) atoms. The number of rotatable bonds is 6. The molecule has 6 rings (SSSR count). The number of fused-ring (bicyclic) bond motifs is 3. The Bertz CT molecular complexity index is 1520. The average Bonchev–Trinajstić information content (AvgIpc) is 3.64. The zero-order valence-electron chi connectivity index (χ0n) is 21.1. The van der Waals surface area contributed by atoms with Crippen molar-refractivity contribution in [1.29, 1.82) is 0 Å². The Morgan fingerprint density at radius 1 is 1.08 bits per heavy atom. The van der Waals surface area contributed by atoms with Crippen LogP contribution in [-0.2, 0) is 11.8 Å². The first-order valence-electron chi connectivity index (χ1n) is 12.5. The average molecular weight is 500 g/mol. The molecular formula is C26H29N9O2. The molecule has 2 atom stereocenters. The number of hydrogen-bond donors (Lipinski definition) is 2. The lowest BCUT2D eigenvalue weighted by Gasteiger charge is -2.25. The van der Waals surface area contributed by atoms with Gasteiger partial charge in [0.05, 0.1) is 70.9 Å². The second-order valence-electron chi connectivity index (χ2n) is 10.1. The number of carbonyl (C=O) groups is 2. The minimum absolute atomic E-state index is 0.0661. The van der Waals surface area contributed by atoms with Crippen LogP contribution >= 0.6 is 0 Å². The fourth-order valence-corrected chi connectivity index (χ4v) is 5.56. The Labute approximate surface area is 213 Å². The lowest BCUT2D eigenvalue weighted by Crippen LogP contribution is -2.38. The van der Waals surface area contributed by atoms with Gasteiger partial charge in [0.25, 0.3) is 5.91 Å². The standard InChI is InChI=1S/C26H29N9O2/c1-15-6-23(33(3)32-15)22-13-35-24(11-28-22)20(10-29-35)26(37)31-21-8-18(9-27-16(21)2)30-25(36)14-34-12-17-4-5-19(34)7-17/h6,8-11,13,17,19H,4-5,7,12,14H2,1-3H3,(H,30,36)(H,31,37)/t17-,19+/m0/s1. The van der Waals surface area contributed by atoms with E-state index in [1.165, 1.54) is 25.5 Å². The second kappa shape index (κ2) is 9.07. The number of aryl methyl sites for hydroxylation is 3.